The summed E-state index contributed by atoms with van der Waals surface area (Å²) in [5, 5.41) is 14.8. The van der Waals surface area contributed by atoms with Gasteiger partial charge < -0.3 is 30.1 Å². The minimum absolute atomic E-state index is 0.0239. The number of hydrogen-bond acceptors (Lipinski definition) is 8. The number of aliphatic hydroxyl groups is 1. The number of hydrogen-bond donors (Lipinski definition) is 4. The molecule has 3 amide bonds. The maximum Gasteiger partial charge on any atom is 0.408 e. The van der Waals surface area contributed by atoms with E-state index in [4.69, 9.17) is 15.9 Å². The van der Waals surface area contributed by atoms with Crippen LogP contribution in [0.15, 0.2) is 24.3 Å². The summed E-state index contributed by atoms with van der Waals surface area (Å²) in [5.74, 6) is 0.664. The number of terminal acetylenes is 1. The van der Waals surface area contributed by atoms with Gasteiger partial charge in [-0.15, -0.1) is 6.42 Å². The summed E-state index contributed by atoms with van der Waals surface area (Å²) in [6.07, 6.45) is 4.54. The number of ether oxygens (including phenoxy) is 2. The molecule has 1 aromatic rings. The zero-order valence-corrected chi connectivity index (χ0v) is 22.0. The fourth-order valence-electron chi connectivity index (χ4n) is 3.16. The zero-order chi connectivity index (χ0) is 27.3. The summed E-state index contributed by atoms with van der Waals surface area (Å²) in [5.41, 5.74) is 0.193. The number of alkyl carbamates (subject to hydrolysis) is 1. The standard InChI is InChI=1S/C25H35N3O7S/c1-6-17-8-10-18(11-9-17)21(22(31)26-13-12-20(30)34-7-2)28(14-15-29)23(32)19(16-36)27-24(33)35-25(3,4)5/h1,8-11,19,21,29,36H,7,12-16H2,2-5H3,(H,26,31)(H,27,33). The molecular formula is C25H35N3O7S. The second-order valence-corrected chi connectivity index (χ2v) is 9.02. The van der Waals surface area contributed by atoms with Gasteiger partial charge in [-0.3, -0.25) is 14.4 Å². The molecule has 2 atom stereocenters. The van der Waals surface area contributed by atoms with Crippen LogP contribution < -0.4 is 10.6 Å². The number of thiol groups is 1. The van der Waals surface area contributed by atoms with E-state index in [2.05, 4.69) is 29.2 Å². The smallest absolute Gasteiger partial charge is 0.408 e. The molecule has 0 saturated carbocycles. The summed E-state index contributed by atoms with van der Waals surface area (Å²) in [6, 6.07) is 4.09. The molecule has 0 aliphatic rings. The normalized spacial score (nSPS) is 12.5. The number of rotatable bonds is 12. The molecule has 0 aliphatic carbocycles. The lowest BCUT2D eigenvalue weighted by Gasteiger charge is -2.33. The van der Waals surface area contributed by atoms with Crippen molar-refractivity contribution in [1.82, 2.24) is 15.5 Å². The summed E-state index contributed by atoms with van der Waals surface area (Å²) in [7, 11) is 0. The summed E-state index contributed by atoms with van der Waals surface area (Å²) < 4.78 is 10.1. The van der Waals surface area contributed by atoms with Crippen LogP contribution in [0.2, 0.25) is 0 Å². The van der Waals surface area contributed by atoms with Crippen LogP contribution in [0.1, 0.15) is 51.3 Å². The maximum absolute atomic E-state index is 13.5. The minimum atomic E-state index is -1.19. The molecule has 36 heavy (non-hydrogen) atoms. The fraction of sp³-hybridized carbons (Fsp3) is 0.520. The van der Waals surface area contributed by atoms with E-state index in [1.165, 1.54) is 0 Å². The number of nitrogens with zero attached hydrogens (tertiary/aromatic N) is 1. The number of esters is 1. The van der Waals surface area contributed by atoms with Gasteiger partial charge in [-0.05, 0) is 45.4 Å². The van der Waals surface area contributed by atoms with Crippen molar-refractivity contribution >= 4 is 36.5 Å². The highest BCUT2D eigenvalue weighted by atomic mass is 32.1. The third-order valence-corrected chi connectivity index (χ3v) is 5.05. The Bertz CT molecular complexity index is 938. The first-order chi connectivity index (χ1) is 17.0. The molecule has 0 saturated heterocycles. The monoisotopic (exact) mass is 521 g/mol. The van der Waals surface area contributed by atoms with Gasteiger partial charge in [0.1, 0.15) is 17.7 Å². The highest BCUT2D eigenvalue weighted by Gasteiger charge is 2.35. The van der Waals surface area contributed by atoms with Crippen LogP contribution >= 0.6 is 12.6 Å². The van der Waals surface area contributed by atoms with E-state index < -0.39 is 48.2 Å². The van der Waals surface area contributed by atoms with Crippen LogP contribution in [0.25, 0.3) is 0 Å². The van der Waals surface area contributed by atoms with Crippen molar-refractivity contribution in [2.75, 3.05) is 32.1 Å². The van der Waals surface area contributed by atoms with E-state index in [1.807, 2.05) is 0 Å². The molecule has 0 fully saturated rings. The number of carbonyl (C=O) groups is 4. The average molecular weight is 522 g/mol. The molecule has 1 rings (SSSR count). The second kappa shape index (κ2) is 15.0. The Labute approximate surface area is 217 Å². The van der Waals surface area contributed by atoms with Gasteiger partial charge in [0.15, 0.2) is 0 Å². The Kier molecular flexibility index (Phi) is 12.8. The topological polar surface area (TPSA) is 134 Å². The first kappa shape index (κ1) is 30.8. The molecular weight excluding hydrogens is 486 g/mol. The third kappa shape index (κ3) is 10.2. The third-order valence-electron chi connectivity index (χ3n) is 4.68. The second-order valence-electron chi connectivity index (χ2n) is 8.65. The Morgan fingerprint density at radius 3 is 2.33 bits per heavy atom. The molecule has 0 aliphatic heterocycles. The lowest BCUT2D eigenvalue weighted by molar-refractivity contribution is -0.144. The predicted molar refractivity (Wildman–Crippen MR) is 137 cm³/mol. The Hall–Kier alpha value is -3.23. The first-order valence-electron chi connectivity index (χ1n) is 11.5. The van der Waals surface area contributed by atoms with Crippen molar-refractivity contribution in [2.24, 2.45) is 0 Å². The summed E-state index contributed by atoms with van der Waals surface area (Å²) in [6.45, 7) is 6.23. The van der Waals surface area contributed by atoms with E-state index in [1.54, 1.807) is 52.0 Å². The Morgan fingerprint density at radius 1 is 1.19 bits per heavy atom. The lowest BCUT2D eigenvalue weighted by atomic mass is 10.0. The quantitative estimate of drug-likeness (QED) is 0.186. The molecule has 0 aromatic heterocycles. The number of aliphatic hydroxyl groups excluding tert-OH is 1. The molecule has 1 aromatic carbocycles. The molecule has 0 heterocycles. The van der Waals surface area contributed by atoms with Crippen molar-refractivity contribution in [3.63, 3.8) is 0 Å². The zero-order valence-electron chi connectivity index (χ0n) is 21.1. The number of benzene rings is 1. The van der Waals surface area contributed by atoms with E-state index in [-0.39, 0.29) is 31.9 Å². The summed E-state index contributed by atoms with van der Waals surface area (Å²) in [4.78, 5) is 51.8. The van der Waals surface area contributed by atoms with Gasteiger partial charge in [0, 0.05) is 24.4 Å². The van der Waals surface area contributed by atoms with Gasteiger partial charge in [0.25, 0.3) is 0 Å². The van der Waals surface area contributed by atoms with Gasteiger partial charge >= 0.3 is 12.1 Å². The van der Waals surface area contributed by atoms with Gasteiger partial charge in [-0.1, -0.05) is 18.1 Å². The average Bonchev–Trinajstić information content (AvgIpc) is 2.81. The predicted octanol–water partition coefficient (Wildman–Crippen LogP) is 1.42. The number of amides is 3. The summed E-state index contributed by atoms with van der Waals surface area (Å²) >= 11 is 4.18. The molecule has 0 bridgehead atoms. The van der Waals surface area contributed by atoms with Gasteiger partial charge in [0.05, 0.1) is 19.6 Å². The molecule has 0 radical (unpaired) electrons. The number of nitrogens with one attached hydrogen (secondary N) is 2. The van der Waals surface area contributed by atoms with Gasteiger partial charge in [0.2, 0.25) is 11.8 Å². The van der Waals surface area contributed by atoms with Crippen LogP contribution in [-0.2, 0) is 23.9 Å². The number of carbonyl (C=O) groups excluding carboxylic acids is 4. The fourth-order valence-corrected chi connectivity index (χ4v) is 3.41. The molecule has 2 unspecified atom stereocenters. The van der Waals surface area contributed by atoms with Crippen molar-refractivity contribution in [2.45, 2.75) is 51.8 Å². The van der Waals surface area contributed by atoms with Crippen LogP contribution in [0, 0.1) is 12.3 Å². The van der Waals surface area contributed by atoms with Gasteiger partial charge in [-0.25, -0.2) is 4.79 Å². The molecule has 11 heteroatoms. The maximum atomic E-state index is 13.5. The highest BCUT2D eigenvalue weighted by Crippen LogP contribution is 2.23. The lowest BCUT2D eigenvalue weighted by Crippen LogP contribution is -2.54. The van der Waals surface area contributed by atoms with Crippen LogP contribution in [0.3, 0.4) is 0 Å². The molecule has 3 N–H and O–H groups in total. The van der Waals surface area contributed by atoms with E-state index in [9.17, 15) is 24.3 Å². The van der Waals surface area contributed by atoms with Crippen molar-refractivity contribution < 1.29 is 33.8 Å². The van der Waals surface area contributed by atoms with Crippen LogP contribution in [0.5, 0.6) is 0 Å². The van der Waals surface area contributed by atoms with E-state index in [0.717, 1.165) is 4.90 Å². The van der Waals surface area contributed by atoms with Gasteiger partial charge in [-0.2, -0.15) is 12.6 Å². The minimum Gasteiger partial charge on any atom is -0.466 e. The molecule has 198 valence electrons. The largest absolute Gasteiger partial charge is 0.466 e. The molecule has 0 spiro atoms. The van der Waals surface area contributed by atoms with E-state index >= 15 is 0 Å². The van der Waals surface area contributed by atoms with Crippen molar-refractivity contribution in [1.29, 1.82) is 0 Å². The van der Waals surface area contributed by atoms with Crippen molar-refractivity contribution in [3.05, 3.63) is 35.4 Å². The Balaban J connectivity index is 3.26. The molecule has 10 nitrogen and oxygen atoms in total. The highest BCUT2D eigenvalue weighted by molar-refractivity contribution is 7.80. The van der Waals surface area contributed by atoms with Crippen LogP contribution in [-0.4, -0.2) is 77.6 Å². The Morgan fingerprint density at radius 2 is 1.83 bits per heavy atom. The van der Waals surface area contributed by atoms with Crippen molar-refractivity contribution in [3.8, 4) is 12.3 Å². The van der Waals surface area contributed by atoms with Crippen LogP contribution in [0.4, 0.5) is 4.79 Å². The SMILES string of the molecule is C#Cc1ccc(C(C(=O)NCCC(=O)OCC)N(CCO)C(=O)C(CS)NC(=O)OC(C)(C)C)cc1. The van der Waals surface area contributed by atoms with E-state index in [0.29, 0.717) is 11.1 Å². The first-order valence-corrected chi connectivity index (χ1v) is 12.1.